The molecule has 1 saturated heterocycles. The molecule has 17 heavy (non-hydrogen) atoms. The van der Waals surface area contributed by atoms with E-state index in [0.717, 1.165) is 5.13 Å². The van der Waals surface area contributed by atoms with E-state index in [0.29, 0.717) is 26.2 Å². The second kappa shape index (κ2) is 5.13. The van der Waals surface area contributed by atoms with Crippen LogP contribution in [0.15, 0.2) is 11.6 Å². The zero-order valence-corrected chi connectivity index (χ0v) is 10.3. The Morgan fingerprint density at radius 3 is 2.59 bits per heavy atom. The van der Waals surface area contributed by atoms with Crippen molar-refractivity contribution in [1.82, 2.24) is 9.88 Å². The number of nitrogens with zero attached hydrogens (tertiary/aromatic N) is 3. The third kappa shape index (κ3) is 2.55. The fourth-order valence-corrected chi connectivity index (χ4v) is 2.39. The molecule has 0 radical (unpaired) electrons. The van der Waals surface area contributed by atoms with Crippen molar-refractivity contribution < 1.29 is 14.3 Å². The summed E-state index contributed by atoms with van der Waals surface area (Å²) in [6.07, 6.45) is 1.76. The van der Waals surface area contributed by atoms with E-state index in [9.17, 15) is 9.59 Å². The third-order valence-corrected chi connectivity index (χ3v) is 3.45. The molecule has 1 fully saturated rings. The molecule has 1 aromatic rings. The lowest BCUT2D eigenvalue weighted by Gasteiger charge is -2.33. The molecule has 1 aliphatic rings. The summed E-state index contributed by atoms with van der Waals surface area (Å²) in [6, 6.07) is 0. The quantitative estimate of drug-likeness (QED) is 0.520. The number of piperazine rings is 1. The number of ether oxygens (including phenoxy) is 1. The summed E-state index contributed by atoms with van der Waals surface area (Å²) in [7, 11) is 1.21. The van der Waals surface area contributed by atoms with Gasteiger partial charge in [-0.2, -0.15) is 0 Å². The van der Waals surface area contributed by atoms with Crippen LogP contribution in [0.3, 0.4) is 0 Å². The van der Waals surface area contributed by atoms with Crippen molar-refractivity contribution >= 4 is 28.3 Å². The number of methoxy groups -OCH3 is 1. The summed E-state index contributed by atoms with van der Waals surface area (Å²) in [6.45, 7) is 2.42. The van der Waals surface area contributed by atoms with Crippen molar-refractivity contribution in [3.63, 3.8) is 0 Å². The van der Waals surface area contributed by atoms with Gasteiger partial charge in [-0.05, 0) is 0 Å². The summed E-state index contributed by atoms with van der Waals surface area (Å²) in [5.41, 5.74) is 0. The maximum absolute atomic E-state index is 11.5. The summed E-state index contributed by atoms with van der Waals surface area (Å²) >= 11 is 1.57. The van der Waals surface area contributed by atoms with Crippen LogP contribution >= 0.6 is 11.3 Å². The molecule has 2 rings (SSSR count). The van der Waals surface area contributed by atoms with Crippen molar-refractivity contribution in [3.05, 3.63) is 11.6 Å². The Labute approximate surface area is 103 Å². The second-order valence-corrected chi connectivity index (χ2v) is 4.46. The van der Waals surface area contributed by atoms with E-state index in [2.05, 4.69) is 14.6 Å². The number of carbonyl (C=O) groups excluding carboxylic acids is 2. The number of thiazole rings is 1. The molecule has 2 heterocycles. The first-order chi connectivity index (χ1) is 8.22. The van der Waals surface area contributed by atoms with Crippen LogP contribution in [-0.4, -0.2) is 55.0 Å². The molecule has 7 heteroatoms. The third-order valence-electron chi connectivity index (χ3n) is 2.62. The molecule has 1 amide bonds. The number of rotatable bonds is 1. The van der Waals surface area contributed by atoms with Crippen molar-refractivity contribution in [2.45, 2.75) is 0 Å². The van der Waals surface area contributed by atoms with Crippen LogP contribution in [0.2, 0.25) is 0 Å². The van der Waals surface area contributed by atoms with E-state index < -0.39 is 11.9 Å². The summed E-state index contributed by atoms with van der Waals surface area (Å²) in [5, 5.41) is 2.87. The van der Waals surface area contributed by atoms with Crippen molar-refractivity contribution in [1.29, 1.82) is 0 Å². The Morgan fingerprint density at radius 2 is 2.06 bits per heavy atom. The van der Waals surface area contributed by atoms with Crippen LogP contribution in [0.25, 0.3) is 0 Å². The van der Waals surface area contributed by atoms with Crippen molar-refractivity contribution in [2.75, 3.05) is 38.2 Å². The van der Waals surface area contributed by atoms with Gasteiger partial charge in [-0.25, -0.2) is 9.78 Å². The standard InChI is InChI=1S/C10H13N3O3S/c1-16-9(15)8(14)12-3-5-13(6-4-12)10-11-2-7-17-10/h2,7H,3-6H2,1H3. The van der Waals surface area contributed by atoms with Gasteiger partial charge in [0, 0.05) is 37.8 Å². The van der Waals surface area contributed by atoms with E-state index in [1.165, 1.54) is 12.0 Å². The molecule has 0 aliphatic carbocycles. The lowest BCUT2D eigenvalue weighted by molar-refractivity contribution is -0.158. The fourth-order valence-electron chi connectivity index (χ4n) is 1.69. The van der Waals surface area contributed by atoms with Gasteiger partial charge in [-0.3, -0.25) is 4.79 Å². The minimum Gasteiger partial charge on any atom is -0.462 e. The number of hydrogen-bond acceptors (Lipinski definition) is 6. The summed E-state index contributed by atoms with van der Waals surface area (Å²) in [4.78, 5) is 30.4. The lowest BCUT2D eigenvalue weighted by atomic mass is 10.3. The Hall–Kier alpha value is -1.63. The normalized spacial score (nSPS) is 15.8. The molecule has 0 unspecified atom stereocenters. The minimum atomic E-state index is -0.798. The first-order valence-corrected chi connectivity index (χ1v) is 6.12. The molecular formula is C10H13N3O3S. The van der Waals surface area contributed by atoms with Crippen LogP contribution < -0.4 is 4.90 Å². The maximum Gasteiger partial charge on any atom is 0.396 e. The van der Waals surface area contributed by atoms with Gasteiger partial charge in [-0.15, -0.1) is 11.3 Å². The molecule has 0 N–H and O–H groups in total. The van der Waals surface area contributed by atoms with Gasteiger partial charge in [-0.1, -0.05) is 0 Å². The van der Waals surface area contributed by atoms with Gasteiger partial charge in [0.05, 0.1) is 7.11 Å². The first kappa shape index (κ1) is 11.8. The number of anilines is 1. The van der Waals surface area contributed by atoms with Crippen LogP contribution in [0.5, 0.6) is 0 Å². The highest BCUT2D eigenvalue weighted by molar-refractivity contribution is 7.13. The fraction of sp³-hybridized carbons (Fsp3) is 0.500. The summed E-state index contributed by atoms with van der Waals surface area (Å²) < 4.78 is 4.41. The van der Waals surface area contributed by atoms with Gasteiger partial charge >= 0.3 is 11.9 Å². The second-order valence-electron chi connectivity index (χ2n) is 3.59. The zero-order chi connectivity index (χ0) is 12.3. The van der Waals surface area contributed by atoms with Gasteiger partial charge in [0.1, 0.15) is 0 Å². The Bertz CT molecular complexity index is 399. The van der Waals surface area contributed by atoms with Gasteiger partial charge in [0.15, 0.2) is 5.13 Å². The number of aromatic nitrogens is 1. The first-order valence-electron chi connectivity index (χ1n) is 5.24. The monoisotopic (exact) mass is 255 g/mol. The lowest BCUT2D eigenvalue weighted by Crippen LogP contribution is -2.50. The van der Waals surface area contributed by atoms with Crippen LogP contribution in [-0.2, 0) is 14.3 Å². The topological polar surface area (TPSA) is 62.7 Å². The highest BCUT2D eigenvalue weighted by Gasteiger charge is 2.27. The number of esters is 1. The van der Waals surface area contributed by atoms with Crippen LogP contribution in [0.4, 0.5) is 5.13 Å². The highest BCUT2D eigenvalue weighted by atomic mass is 32.1. The zero-order valence-electron chi connectivity index (χ0n) is 9.46. The van der Waals surface area contributed by atoms with Crippen molar-refractivity contribution in [3.8, 4) is 0 Å². The maximum atomic E-state index is 11.5. The van der Waals surface area contributed by atoms with E-state index in [-0.39, 0.29) is 0 Å². The molecule has 0 aromatic carbocycles. The predicted octanol–water partition coefficient (Wildman–Crippen LogP) is -0.0353. The SMILES string of the molecule is COC(=O)C(=O)N1CCN(c2nccs2)CC1. The molecule has 0 atom stereocenters. The number of amides is 1. The van der Waals surface area contributed by atoms with E-state index in [1.807, 2.05) is 5.38 Å². The smallest absolute Gasteiger partial charge is 0.396 e. The van der Waals surface area contributed by atoms with Gasteiger partial charge < -0.3 is 14.5 Å². The van der Waals surface area contributed by atoms with E-state index in [1.54, 1.807) is 17.5 Å². The Balaban J connectivity index is 1.90. The number of carbonyl (C=O) groups is 2. The molecule has 92 valence electrons. The molecule has 0 bridgehead atoms. The average molecular weight is 255 g/mol. The molecule has 0 spiro atoms. The van der Waals surface area contributed by atoms with Crippen molar-refractivity contribution in [2.24, 2.45) is 0 Å². The predicted molar refractivity (Wildman–Crippen MR) is 62.9 cm³/mol. The molecular weight excluding hydrogens is 242 g/mol. The number of hydrogen-bond donors (Lipinski definition) is 0. The summed E-state index contributed by atoms with van der Waals surface area (Å²) in [5.74, 6) is -1.36. The van der Waals surface area contributed by atoms with Gasteiger partial charge in [0.25, 0.3) is 0 Å². The van der Waals surface area contributed by atoms with Crippen LogP contribution in [0, 0.1) is 0 Å². The minimum absolute atomic E-state index is 0.521. The van der Waals surface area contributed by atoms with Crippen LogP contribution in [0.1, 0.15) is 0 Å². The van der Waals surface area contributed by atoms with Gasteiger partial charge in [0.2, 0.25) is 0 Å². The molecule has 1 aliphatic heterocycles. The molecule has 1 aromatic heterocycles. The Morgan fingerprint density at radius 1 is 1.35 bits per heavy atom. The van der Waals surface area contributed by atoms with E-state index in [4.69, 9.17) is 0 Å². The Kier molecular flexibility index (Phi) is 3.58. The molecule has 0 saturated carbocycles. The largest absolute Gasteiger partial charge is 0.462 e. The average Bonchev–Trinajstić information content (AvgIpc) is 2.91. The van der Waals surface area contributed by atoms with E-state index >= 15 is 0 Å². The molecule has 6 nitrogen and oxygen atoms in total. The highest BCUT2D eigenvalue weighted by Crippen LogP contribution is 2.18.